The van der Waals surface area contributed by atoms with Crippen LogP contribution >= 0.6 is 0 Å². The van der Waals surface area contributed by atoms with Crippen molar-refractivity contribution in [2.24, 2.45) is 11.8 Å². The van der Waals surface area contributed by atoms with Crippen molar-refractivity contribution < 1.29 is 9.90 Å². The SMILES string of the molecule is CC1CCN(C(=O)[C@](O)(c2ccccc2)C2CCCC2)CC1. The Bertz CT molecular complexity index is 501. The standard InChI is InChI=1S/C19H27NO2/c1-15-11-13-20(14-12-15)18(21)19(22,17-9-5-6-10-17)16-7-3-2-4-8-16/h2-4,7-8,15,17,22H,5-6,9-14H2,1H3/t19-/m0/s1. The summed E-state index contributed by atoms with van der Waals surface area (Å²) in [6, 6.07) is 9.58. The van der Waals surface area contributed by atoms with Crippen molar-refractivity contribution in [3.8, 4) is 0 Å². The summed E-state index contributed by atoms with van der Waals surface area (Å²) in [4.78, 5) is 15.1. The van der Waals surface area contributed by atoms with Gasteiger partial charge in [-0.2, -0.15) is 0 Å². The van der Waals surface area contributed by atoms with E-state index in [1.165, 1.54) is 0 Å². The fraction of sp³-hybridized carbons (Fsp3) is 0.632. The maximum Gasteiger partial charge on any atom is 0.259 e. The molecule has 0 unspecified atom stereocenters. The lowest BCUT2D eigenvalue weighted by molar-refractivity contribution is -0.160. The molecule has 0 spiro atoms. The Labute approximate surface area is 133 Å². The van der Waals surface area contributed by atoms with Gasteiger partial charge in [0.25, 0.3) is 5.91 Å². The lowest BCUT2D eigenvalue weighted by atomic mass is 9.78. The molecule has 1 aromatic rings. The Morgan fingerprint density at radius 2 is 1.68 bits per heavy atom. The van der Waals surface area contributed by atoms with Crippen LogP contribution in [0.1, 0.15) is 51.0 Å². The first-order valence-electron chi connectivity index (χ1n) is 8.69. The van der Waals surface area contributed by atoms with Gasteiger partial charge in [0.1, 0.15) is 0 Å². The normalized spacial score (nSPS) is 23.5. The number of hydrogen-bond acceptors (Lipinski definition) is 2. The summed E-state index contributed by atoms with van der Waals surface area (Å²) < 4.78 is 0. The number of aliphatic hydroxyl groups is 1. The van der Waals surface area contributed by atoms with Crippen LogP contribution in [0.4, 0.5) is 0 Å². The first kappa shape index (κ1) is 15.5. The van der Waals surface area contributed by atoms with Crippen molar-refractivity contribution in [3.05, 3.63) is 35.9 Å². The minimum absolute atomic E-state index is 0.0572. The molecule has 120 valence electrons. The van der Waals surface area contributed by atoms with Gasteiger partial charge in [0.05, 0.1) is 0 Å². The molecule has 2 fully saturated rings. The van der Waals surface area contributed by atoms with Crippen LogP contribution in [0.15, 0.2) is 30.3 Å². The summed E-state index contributed by atoms with van der Waals surface area (Å²) in [7, 11) is 0. The molecule has 3 heteroatoms. The third-order valence-corrected chi connectivity index (χ3v) is 5.56. The number of nitrogens with zero attached hydrogens (tertiary/aromatic N) is 1. The van der Waals surface area contributed by atoms with Gasteiger partial charge in [0, 0.05) is 19.0 Å². The molecule has 3 nitrogen and oxygen atoms in total. The molecule has 22 heavy (non-hydrogen) atoms. The minimum Gasteiger partial charge on any atom is -0.375 e. The first-order chi connectivity index (χ1) is 10.6. The number of amides is 1. The van der Waals surface area contributed by atoms with Crippen LogP contribution in [0.3, 0.4) is 0 Å². The molecule has 0 bridgehead atoms. The lowest BCUT2D eigenvalue weighted by Gasteiger charge is -2.40. The van der Waals surface area contributed by atoms with E-state index >= 15 is 0 Å². The Hall–Kier alpha value is -1.35. The Morgan fingerprint density at radius 1 is 1.09 bits per heavy atom. The highest BCUT2D eigenvalue weighted by Crippen LogP contribution is 2.42. The molecule has 1 heterocycles. The third-order valence-electron chi connectivity index (χ3n) is 5.56. The number of rotatable bonds is 3. The molecule has 2 aliphatic rings. The molecular weight excluding hydrogens is 274 g/mol. The van der Waals surface area contributed by atoms with Gasteiger partial charge >= 0.3 is 0 Å². The molecule has 1 saturated carbocycles. The maximum absolute atomic E-state index is 13.2. The molecule has 1 amide bonds. The van der Waals surface area contributed by atoms with E-state index < -0.39 is 5.60 Å². The van der Waals surface area contributed by atoms with E-state index in [0.29, 0.717) is 5.92 Å². The highest BCUT2D eigenvalue weighted by atomic mass is 16.3. The molecule has 1 saturated heterocycles. The van der Waals surface area contributed by atoms with Crippen molar-refractivity contribution in [1.82, 2.24) is 4.90 Å². The lowest BCUT2D eigenvalue weighted by Crippen LogP contribution is -2.52. The first-order valence-corrected chi connectivity index (χ1v) is 8.69. The Balaban J connectivity index is 1.89. The van der Waals surface area contributed by atoms with E-state index in [0.717, 1.165) is 57.2 Å². The van der Waals surface area contributed by atoms with Gasteiger partial charge in [-0.15, -0.1) is 0 Å². The second-order valence-electron chi connectivity index (χ2n) is 7.09. The number of hydrogen-bond donors (Lipinski definition) is 1. The van der Waals surface area contributed by atoms with E-state index in [1.807, 2.05) is 35.2 Å². The van der Waals surface area contributed by atoms with Crippen molar-refractivity contribution in [1.29, 1.82) is 0 Å². The van der Waals surface area contributed by atoms with Crippen LogP contribution in [-0.2, 0) is 10.4 Å². The Morgan fingerprint density at radius 3 is 2.27 bits per heavy atom. The topological polar surface area (TPSA) is 40.5 Å². The second-order valence-corrected chi connectivity index (χ2v) is 7.09. The number of carbonyl (C=O) groups excluding carboxylic acids is 1. The van der Waals surface area contributed by atoms with Crippen molar-refractivity contribution in [2.45, 2.75) is 51.0 Å². The number of likely N-dealkylation sites (tertiary alicyclic amines) is 1. The van der Waals surface area contributed by atoms with Crippen molar-refractivity contribution in [3.63, 3.8) is 0 Å². The second kappa shape index (κ2) is 6.41. The van der Waals surface area contributed by atoms with Gasteiger partial charge in [-0.25, -0.2) is 0 Å². The number of carbonyl (C=O) groups is 1. The maximum atomic E-state index is 13.2. The zero-order chi connectivity index (χ0) is 15.6. The van der Waals surface area contributed by atoms with Crippen molar-refractivity contribution in [2.75, 3.05) is 13.1 Å². The highest BCUT2D eigenvalue weighted by molar-refractivity contribution is 5.87. The van der Waals surface area contributed by atoms with Crippen LogP contribution in [0, 0.1) is 11.8 Å². The summed E-state index contributed by atoms with van der Waals surface area (Å²) in [6.45, 7) is 3.80. The molecule has 1 aliphatic carbocycles. The van der Waals surface area contributed by atoms with Gasteiger partial charge < -0.3 is 10.0 Å². The molecule has 1 atom stereocenters. The van der Waals surface area contributed by atoms with Crippen molar-refractivity contribution >= 4 is 5.91 Å². The molecule has 0 aromatic heterocycles. The van der Waals surface area contributed by atoms with Crippen LogP contribution in [0.5, 0.6) is 0 Å². The fourth-order valence-corrected chi connectivity index (χ4v) is 4.02. The summed E-state index contributed by atoms with van der Waals surface area (Å²) in [5, 5.41) is 11.5. The average molecular weight is 301 g/mol. The van der Waals surface area contributed by atoms with E-state index in [2.05, 4.69) is 6.92 Å². The van der Waals surface area contributed by atoms with Gasteiger partial charge in [-0.3, -0.25) is 4.79 Å². The largest absolute Gasteiger partial charge is 0.375 e. The Kier molecular flexibility index (Phi) is 4.53. The fourth-order valence-electron chi connectivity index (χ4n) is 4.02. The quantitative estimate of drug-likeness (QED) is 0.930. The van der Waals surface area contributed by atoms with Crippen LogP contribution in [-0.4, -0.2) is 29.0 Å². The van der Waals surface area contributed by atoms with E-state index in [9.17, 15) is 9.90 Å². The van der Waals surface area contributed by atoms with Gasteiger partial charge in [-0.1, -0.05) is 50.1 Å². The molecule has 0 radical (unpaired) electrons. The van der Waals surface area contributed by atoms with E-state index in [1.54, 1.807) is 0 Å². The number of piperidine rings is 1. The van der Waals surface area contributed by atoms with E-state index in [4.69, 9.17) is 0 Å². The third kappa shape index (κ3) is 2.79. The zero-order valence-corrected chi connectivity index (χ0v) is 13.5. The van der Waals surface area contributed by atoms with Gasteiger partial charge in [0.2, 0.25) is 0 Å². The summed E-state index contributed by atoms with van der Waals surface area (Å²) in [5.74, 6) is 0.666. The monoisotopic (exact) mass is 301 g/mol. The predicted octanol–water partition coefficient (Wildman–Crippen LogP) is 3.32. The summed E-state index contributed by atoms with van der Waals surface area (Å²) >= 11 is 0. The summed E-state index contributed by atoms with van der Waals surface area (Å²) in [5.41, 5.74) is -0.566. The average Bonchev–Trinajstić information content (AvgIpc) is 3.10. The molecule has 1 aliphatic heterocycles. The van der Waals surface area contributed by atoms with Crippen LogP contribution in [0.25, 0.3) is 0 Å². The smallest absolute Gasteiger partial charge is 0.259 e. The zero-order valence-electron chi connectivity index (χ0n) is 13.5. The van der Waals surface area contributed by atoms with Crippen LogP contribution < -0.4 is 0 Å². The molecule has 3 rings (SSSR count). The van der Waals surface area contributed by atoms with Gasteiger partial charge in [0.15, 0.2) is 5.60 Å². The van der Waals surface area contributed by atoms with E-state index in [-0.39, 0.29) is 11.8 Å². The van der Waals surface area contributed by atoms with Gasteiger partial charge in [-0.05, 0) is 37.2 Å². The minimum atomic E-state index is -1.33. The van der Waals surface area contributed by atoms with Crippen LogP contribution in [0.2, 0.25) is 0 Å². The number of benzene rings is 1. The summed E-state index contributed by atoms with van der Waals surface area (Å²) in [6.07, 6.45) is 6.21. The highest BCUT2D eigenvalue weighted by Gasteiger charge is 2.48. The molecular formula is C19H27NO2. The predicted molar refractivity (Wildman–Crippen MR) is 87.3 cm³/mol. The molecule has 1 N–H and O–H groups in total. The molecule has 1 aromatic carbocycles.